The predicted octanol–water partition coefficient (Wildman–Crippen LogP) is 1.92. The van der Waals surface area contributed by atoms with Gasteiger partial charge in [0.2, 0.25) is 0 Å². The lowest BCUT2D eigenvalue weighted by Crippen LogP contribution is -2.28. The third kappa shape index (κ3) is 4.18. The standard InChI is InChI=1S/C17H21FN4O2/c1-5-22-8-9-24-15-7-6-13(18)10-14(15)17(22)19-11-16(23)20-12(2)21(3)4/h5-7,10H,1,8-9,11H2,2-4H3. The van der Waals surface area contributed by atoms with Crippen LogP contribution >= 0.6 is 0 Å². The number of aliphatic imine (C=N–C) groups is 2. The molecule has 0 N–H and O–H groups in total. The van der Waals surface area contributed by atoms with E-state index >= 15 is 0 Å². The SMILES string of the molecule is C=CN1CCOc2ccc(F)cc2C1=NCC(=O)N=C(C)N(C)C. The van der Waals surface area contributed by atoms with Crippen LogP contribution in [0.4, 0.5) is 4.39 Å². The first-order chi connectivity index (χ1) is 11.4. The van der Waals surface area contributed by atoms with E-state index in [0.29, 0.717) is 36.1 Å². The second-order valence-corrected chi connectivity index (χ2v) is 5.45. The second kappa shape index (κ2) is 7.72. The van der Waals surface area contributed by atoms with Gasteiger partial charge in [0.1, 0.15) is 36.4 Å². The minimum Gasteiger partial charge on any atom is -0.491 e. The number of rotatable bonds is 3. The Morgan fingerprint density at radius 3 is 2.92 bits per heavy atom. The molecule has 1 aromatic rings. The lowest BCUT2D eigenvalue weighted by atomic mass is 10.1. The van der Waals surface area contributed by atoms with Gasteiger partial charge in [-0.3, -0.25) is 9.79 Å². The van der Waals surface area contributed by atoms with E-state index in [2.05, 4.69) is 16.6 Å². The fourth-order valence-corrected chi connectivity index (χ4v) is 2.13. The van der Waals surface area contributed by atoms with E-state index in [1.165, 1.54) is 12.1 Å². The molecule has 0 unspecified atom stereocenters. The predicted molar refractivity (Wildman–Crippen MR) is 92.0 cm³/mol. The average molecular weight is 332 g/mol. The molecule has 2 rings (SSSR count). The van der Waals surface area contributed by atoms with E-state index in [9.17, 15) is 9.18 Å². The maximum Gasteiger partial charge on any atom is 0.269 e. The first-order valence-corrected chi connectivity index (χ1v) is 7.54. The summed E-state index contributed by atoms with van der Waals surface area (Å²) < 4.78 is 19.3. The number of hydrogen-bond donors (Lipinski definition) is 0. The van der Waals surface area contributed by atoms with Crippen LogP contribution in [0.2, 0.25) is 0 Å². The minimum absolute atomic E-state index is 0.138. The smallest absolute Gasteiger partial charge is 0.269 e. The molecule has 1 amide bonds. The Morgan fingerprint density at radius 2 is 2.25 bits per heavy atom. The number of amides is 1. The number of benzene rings is 1. The molecule has 0 fully saturated rings. The topological polar surface area (TPSA) is 57.5 Å². The van der Waals surface area contributed by atoms with Crippen LogP contribution in [0.15, 0.2) is 41.0 Å². The summed E-state index contributed by atoms with van der Waals surface area (Å²) in [5.74, 6) is 0.795. The Bertz CT molecular complexity index is 698. The summed E-state index contributed by atoms with van der Waals surface area (Å²) in [6.45, 7) is 6.27. The van der Waals surface area contributed by atoms with Gasteiger partial charge >= 0.3 is 0 Å². The van der Waals surface area contributed by atoms with Crippen molar-refractivity contribution in [1.29, 1.82) is 0 Å². The zero-order valence-electron chi connectivity index (χ0n) is 14.1. The summed E-state index contributed by atoms with van der Waals surface area (Å²) in [7, 11) is 3.61. The summed E-state index contributed by atoms with van der Waals surface area (Å²) >= 11 is 0. The molecule has 0 radical (unpaired) electrons. The highest BCUT2D eigenvalue weighted by Crippen LogP contribution is 2.24. The van der Waals surface area contributed by atoms with Crippen molar-refractivity contribution in [2.75, 3.05) is 33.8 Å². The maximum absolute atomic E-state index is 13.6. The van der Waals surface area contributed by atoms with E-state index in [4.69, 9.17) is 4.74 Å². The third-order valence-corrected chi connectivity index (χ3v) is 3.56. The molecule has 1 aliphatic heterocycles. The molecule has 1 heterocycles. The van der Waals surface area contributed by atoms with Crippen LogP contribution in [0, 0.1) is 5.82 Å². The van der Waals surface area contributed by atoms with Crippen molar-refractivity contribution in [2.24, 2.45) is 9.98 Å². The summed E-state index contributed by atoms with van der Waals surface area (Å²) in [4.78, 5) is 23.8. The number of amidine groups is 2. The van der Waals surface area contributed by atoms with E-state index in [0.717, 1.165) is 0 Å². The lowest BCUT2D eigenvalue weighted by Gasteiger charge is -2.18. The first kappa shape index (κ1) is 17.7. The zero-order chi connectivity index (χ0) is 17.7. The highest BCUT2D eigenvalue weighted by atomic mass is 19.1. The van der Waals surface area contributed by atoms with Gasteiger partial charge in [-0.15, -0.1) is 0 Å². The van der Waals surface area contributed by atoms with Crippen molar-refractivity contribution in [3.63, 3.8) is 0 Å². The quantitative estimate of drug-likeness (QED) is 0.627. The van der Waals surface area contributed by atoms with Gasteiger partial charge in [0.05, 0.1) is 12.1 Å². The molecule has 1 aliphatic rings. The van der Waals surface area contributed by atoms with Crippen molar-refractivity contribution in [2.45, 2.75) is 6.92 Å². The number of carbonyl (C=O) groups is 1. The number of halogens is 1. The van der Waals surface area contributed by atoms with Crippen LogP contribution in [0.3, 0.4) is 0 Å². The molecule has 24 heavy (non-hydrogen) atoms. The molecule has 1 aromatic carbocycles. The summed E-state index contributed by atoms with van der Waals surface area (Å²) in [6, 6.07) is 4.23. The Labute approximate surface area is 141 Å². The van der Waals surface area contributed by atoms with E-state index in [1.807, 2.05) is 0 Å². The number of nitrogens with zero attached hydrogens (tertiary/aromatic N) is 4. The Kier molecular flexibility index (Phi) is 5.68. The van der Waals surface area contributed by atoms with Crippen LogP contribution in [0.5, 0.6) is 5.75 Å². The molecular formula is C17H21FN4O2. The van der Waals surface area contributed by atoms with Gasteiger partial charge in [0.25, 0.3) is 5.91 Å². The summed E-state index contributed by atoms with van der Waals surface area (Å²) in [6.07, 6.45) is 1.58. The van der Waals surface area contributed by atoms with Gasteiger partial charge in [0, 0.05) is 14.1 Å². The van der Waals surface area contributed by atoms with Crippen LogP contribution in [0.1, 0.15) is 12.5 Å². The van der Waals surface area contributed by atoms with Crippen LogP contribution in [-0.2, 0) is 4.79 Å². The molecule has 0 atom stereocenters. The Hall–Kier alpha value is -2.70. The third-order valence-electron chi connectivity index (χ3n) is 3.56. The molecule has 128 valence electrons. The monoisotopic (exact) mass is 332 g/mol. The Morgan fingerprint density at radius 1 is 1.50 bits per heavy atom. The van der Waals surface area contributed by atoms with Gasteiger partial charge in [-0.1, -0.05) is 6.58 Å². The molecule has 6 nitrogen and oxygen atoms in total. The normalized spacial score (nSPS) is 16.2. The number of carbonyl (C=O) groups excluding carboxylic acids is 1. The fraction of sp³-hybridized carbons (Fsp3) is 0.353. The lowest BCUT2D eigenvalue weighted by molar-refractivity contribution is -0.116. The van der Waals surface area contributed by atoms with Crippen LogP contribution in [0.25, 0.3) is 0 Å². The summed E-state index contributed by atoms with van der Waals surface area (Å²) in [5.41, 5.74) is 0.494. The number of fused-ring (bicyclic) bond motifs is 1. The number of ether oxygens (including phenoxy) is 1. The van der Waals surface area contributed by atoms with Crippen molar-refractivity contribution in [3.8, 4) is 5.75 Å². The molecular weight excluding hydrogens is 311 g/mol. The van der Waals surface area contributed by atoms with Crippen molar-refractivity contribution in [3.05, 3.63) is 42.4 Å². The van der Waals surface area contributed by atoms with Crippen molar-refractivity contribution < 1.29 is 13.9 Å². The van der Waals surface area contributed by atoms with Gasteiger partial charge in [-0.05, 0) is 31.3 Å². The van der Waals surface area contributed by atoms with E-state index < -0.39 is 5.82 Å². The van der Waals surface area contributed by atoms with Crippen molar-refractivity contribution >= 4 is 17.6 Å². The largest absolute Gasteiger partial charge is 0.491 e. The maximum atomic E-state index is 13.6. The van der Waals surface area contributed by atoms with Gasteiger partial charge in [-0.2, -0.15) is 4.99 Å². The minimum atomic E-state index is -0.399. The first-order valence-electron chi connectivity index (χ1n) is 7.54. The molecule has 0 spiro atoms. The highest BCUT2D eigenvalue weighted by Gasteiger charge is 2.21. The highest BCUT2D eigenvalue weighted by molar-refractivity contribution is 6.03. The molecule has 7 heteroatoms. The molecule has 0 aromatic heterocycles. The van der Waals surface area contributed by atoms with Gasteiger partial charge in [-0.25, -0.2) is 4.39 Å². The molecule has 0 saturated heterocycles. The van der Waals surface area contributed by atoms with Crippen LogP contribution in [-0.4, -0.2) is 61.2 Å². The molecule has 0 aliphatic carbocycles. The average Bonchev–Trinajstić information content (AvgIpc) is 2.71. The molecule has 0 saturated carbocycles. The zero-order valence-corrected chi connectivity index (χ0v) is 14.1. The molecule has 0 bridgehead atoms. The van der Waals surface area contributed by atoms with Crippen molar-refractivity contribution in [1.82, 2.24) is 9.80 Å². The fourth-order valence-electron chi connectivity index (χ4n) is 2.13. The van der Waals surface area contributed by atoms with Gasteiger partial charge < -0.3 is 14.5 Å². The van der Waals surface area contributed by atoms with Gasteiger partial charge in [0.15, 0.2) is 0 Å². The summed E-state index contributed by atoms with van der Waals surface area (Å²) in [5, 5.41) is 0. The number of hydrogen-bond acceptors (Lipinski definition) is 3. The van der Waals surface area contributed by atoms with E-state index in [-0.39, 0.29) is 12.5 Å². The second-order valence-electron chi connectivity index (χ2n) is 5.45. The van der Waals surface area contributed by atoms with Crippen LogP contribution < -0.4 is 4.74 Å². The Balaban J connectivity index is 2.34. The van der Waals surface area contributed by atoms with E-state index in [1.54, 1.807) is 43.1 Å².